The van der Waals surface area contributed by atoms with Crippen LogP contribution in [0.2, 0.25) is 0 Å². The fourth-order valence-electron chi connectivity index (χ4n) is 3.42. The first kappa shape index (κ1) is 19.2. The minimum Gasteiger partial charge on any atom is -0.508 e. The van der Waals surface area contributed by atoms with Crippen LogP contribution in [0.5, 0.6) is 5.75 Å². The fourth-order valence-corrected chi connectivity index (χ4v) is 4.34. The molecule has 148 valence electrons. The molecule has 0 bridgehead atoms. The number of anilines is 1. The molecule has 0 saturated heterocycles. The molecule has 0 fully saturated rings. The number of fused-ring (bicyclic) bond motifs is 1. The van der Waals surface area contributed by atoms with Gasteiger partial charge in [-0.1, -0.05) is 36.0 Å². The van der Waals surface area contributed by atoms with Gasteiger partial charge in [-0.2, -0.15) is 4.98 Å². The Kier molecular flexibility index (Phi) is 5.10. The molecule has 1 aliphatic rings. The molecule has 2 aromatic carbocycles. The van der Waals surface area contributed by atoms with E-state index in [1.807, 2.05) is 0 Å². The minimum atomic E-state index is -0.479. The Morgan fingerprint density at radius 3 is 2.72 bits per heavy atom. The largest absolute Gasteiger partial charge is 0.508 e. The Morgan fingerprint density at radius 2 is 2.00 bits per heavy atom. The quantitative estimate of drug-likeness (QED) is 0.508. The molecule has 1 aromatic heterocycles. The summed E-state index contributed by atoms with van der Waals surface area (Å²) >= 11 is 1.33. The first-order valence-electron chi connectivity index (χ1n) is 8.99. The van der Waals surface area contributed by atoms with Crippen LogP contribution < -0.4 is 10.9 Å². The summed E-state index contributed by atoms with van der Waals surface area (Å²) in [7, 11) is 1.74. The van der Waals surface area contributed by atoms with Crippen molar-refractivity contribution < 1.29 is 14.3 Å². The van der Waals surface area contributed by atoms with Crippen LogP contribution in [0.4, 0.5) is 10.2 Å². The molecule has 2 N–H and O–H groups in total. The second-order valence-electron chi connectivity index (χ2n) is 6.84. The maximum Gasteiger partial charge on any atom is 0.279 e. The van der Waals surface area contributed by atoms with Crippen molar-refractivity contribution in [1.82, 2.24) is 9.55 Å². The Bertz CT molecular complexity index is 1140. The topological polar surface area (TPSA) is 84.2 Å². The van der Waals surface area contributed by atoms with Gasteiger partial charge in [-0.05, 0) is 35.4 Å². The zero-order valence-corrected chi connectivity index (χ0v) is 16.4. The van der Waals surface area contributed by atoms with Crippen LogP contribution in [-0.4, -0.2) is 20.6 Å². The van der Waals surface area contributed by atoms with Crippen LogP contribution >= 0.6 is 11.8 Å². The van der Waals surface area contributed by atoms with Gasteiger partial charge in [-0.15, -0.1) is 0 Å². The monoisotopic (exact) mass is 411 g/mol. The van der Waals surface area contributed by atoms with Crippen molar-refractivity contribution >= 4 is 23.5 Å². The number of nitrogens with one attached hydrogen (secondary N) is 1. The van der Waals surface area contributed by atoms with Crippen molar-refractivity contribution in [2.45, 2.75) is 23.2 Å². The summed E-state index contributed by atoms with van der Waals surface area (Å²) < 4.78 is 14.8. The van der Waals surface area contributed by atoms with E-state index in [4.69, 9.17) is 0 Å². The number of carbonyl (C=O) groups excluding carboxylic acids is 1. The zero-order chi connectivity index (χ0) is 20.5. The molecule has 3 aromatic rings. The molecule has 6 nitrogen and oxygen atoms in total. The number of hydrogen-bond acceptors (Lipinski definition) is 5. The number of nitrogens with zero attached hydrogens (tertiary/aromatic N) is 2. The Morgan fingerprint density at radius 1 is 1.24 bits per heavy atom. The number of hydrogen-bond donors (Lipinski definition) is 2. The van der Waals surface area contributed by atoms with E-state index < -0.39 is 11.5 Å². The first-order valence-corrected chi connectivity index (χ1v) is 9.98. The number of aromatic nitrogens is 2. The highest BCUT2D eigenvalue weighted by atomic mass is 32.2. The van der Waals surface area contributed by atoms with Gasteiger partial charge < -0.3 is 15.0 Å². The lowest BCUT2D eigenvalue weighted by Gasteiger charge is -2.27. The van der Waals surface area contributed by atoms with E-state index in [2.05, 4.69) is 10.3 Å². The van der Waals surface area contributed by atoms with Crippen LogP contribution in [0.3, 0.4) is 0 Å². The molecule has 29 heavy (non-hydrogen) atoms. The van der Waals surface area contributed by atoms with Crippen LogP contribution in [0.15, 0.2) is 58.5 Å². The average Bonchev–Trinajstić information content (AvgIpc) is 2.70. The van der Waals surface area contributed by atoms with E-state index in [1.54, 1.807) is 48.0 Å². The van der Waals surface area contributed by atoms with Crippen molar-refractivity contribution in [1.29, 1.82) is 0 Å². The second-order valence-corrected chi connectivity index (χ2v) is 7.78. The molecule has 1 amide bonds. The average molecular weight is 411 g/mol. The molecule has 1 aliphatic heterocycles. The Balaban J connectivity index is 1.71. The zero-order valence-electron chi connectivity index (χ0n) is 15.6. The summed E-state index contributed by atoms with van der Waals surface area (Å²) in [5.41, 5.74) is 1.58. The SMILES string of the molecule is Cn1c(SCc2ccc(F)cc2)nc(=O)c2c1NC(=O)C[C@H]2c1cccc(O)c1. The molecular formula is C21H18FN3O3S. The third-order valence-electron chi connectivity index (χ3n) is 4.85. The van der Waals surface area contributed by atoms with Gasteiger partial charge in [0, 0.05) is 25.1 Å². The van der Waals surface area contributed by atoms with E-state index in [1.165, 1.54) is 23.9 Å². The van der Waals surface area contributed by atoms with Crippen LogP contribution in [0.1, 0.15) is 29.0 Å². The van der Waals surface area contributed by atoms with E-state index in [0.29, 0.717) is 27.9 Å². The van der Waals surface area contributed by atoms with Gasteiger partial charge >= 0.3 is 0 Å². The van der Waals surface area contributed by atoms with E-state index >= 15 is 0 Å². The third kappa shape index (κ3) is 3.88. The number of amides is 1. The molecule has 0 radical (unpaired) electrons. The number of aromatic hydroxyl groups is 1. The molecule has 8 heteroatoms. The third-order valence-corrected chi connectivity index (χ3v) is 5.96. The smallest absolute Gasteiger partial charge is 0.279 e. The van der Waals surface area contributed by atoms with E-state index in [-0.39, 0.29) is 23.9 Å². The molecule has 0 spiro atoms. The highest BCUT2D eigenvalue weighted by Crippen LogP contribution is 2.36. The number of carbonyl (C=O) groups is 1. The number of benzene rings is 2. The summed E-state index contributed by atoms with van der Waals surface area (Å²) in [6.07, 6.45) is 0.107. The van der Waals surface area contributed by atoms with Gasteiger partial charge in [0.15, 0.2) is 5.16 Å². The molecule has 0 aliphatic carbocycles. The van der Waals surface area contributed by atoms with Gasteiger partial charge in [0.25, 0.3) is 5.56 Å². The predicted octanol–water partition coefficient (Wildman–Crippen LogP) is 3.39. The van der Waals surface area contributed by atoms with E-state index in [9.17, 15) is 19.1 Å². The lowest BCUT2D eigenvalue weighted by Crippen LogP contribution is -2.33. The lowest BCUT2D eigenvalue weighted by atomic mass is 9.86. The minimum absolute atomic E-state index is 0.0753. The van der Waals surface area contributed by atoms with E-state index in [0.717, 1.165) is 5.56 Å². The second kappa shape index (κ2) is 7.71. The van der Waals surface area contributed by atoms with Crippen LogP contribution in [-0.2, 0) is 17.6 Å². The summed E-state index contributed by atoms with van der Waals surface area (Å²) in [6.45, 7) is 0. The highest BCUT2D eigenvalue weighted by molar-refractivity contribution is 7.98. The molecule has 0 unspecified atom stereocenters. The van der Waals surface area contributed by atoms with Crippen LogP contribution in [0, 0.1) is 5.82 Å². The Hall–Kier alpha value is -3.13. The Labute approximate surface area is 170 Å². The molecule has 4 rings (SSSR count). The highest BCUT2D eigenvalue weighted by Gasteiger charge is 2.32. The lowest BCUT2D eigenvalue weighted by molar-refractivity contribution is -0.116. The maximum absolute atomic E-state index is 13.1. The van der Waals surface area contributed by atoms with Gasteiger partial charge in [0.05, 0.1) is 5.56 Å². The van der Waals surface area contributed by atoms with Crippen molar-refractivity contribution in [3.63, 3.8) is 0 Å². The normalized spacial score (nSPS) is 15.7. The van der Waals surface area contributed by atoms with Gasteiger partial charge in [-0.3, -0.25) is 9.59 Å². The number of thioether (sulfide) groups is 1. The fraction of sp³-hybridized carbons (Fsp3) is 0.190. The number of phenolic OH excluding ortho intramolecular Hbond substituents is 1. The van der Waals surface area contributed by atoms with Crippen LogP contribution in [0.25, 0.3) is 0 Å². The number of rotatable bonds is 4. The van der Waals surface area contributed by atoms with Crippen molar-refractivity contribution in [2.75, 3.05) is 5.32 Å². The maximum atomic E-state index is 13.1. The number of halogens is 1. The number of phenols is 1. The van der Waals surface area contributed by atoms with Gasteiger partial charge in [0.1, 0.15) is 17.4 Å². The molecular weight excluding hydrogens is 393 g/mol. The van der Waals surface area contributed by atoms with Crippen molar-refractivity contribution in [2.24, 2.45) is 7.05 Å². The first-order chi connectivity index (χ1) is 13.9. The van der Waals surface area contributed by atoms with Crippen molar-refractivity contribution in [3.05, 3.63) is 81.4 Å². The molecule has 0 saturated carbocycles. The summed E-state index contributed by atoms with van der Waals surface area (Å²) in [4.78, 5) is 29.4. The summed E-state index contributed by atoms with van der Waals surface area (Å²) in [5, 5.41) is 13.0. The van der Waals surface area contributed by atoms with Gasteiger partial charge in [-0.25, -0.2) is 4.39 Å². The van der Waals surface area contributed by atoms with Gasteiger partial charge in [0.2, 0.25) is 5.91 Å². The summed E-state index contributed by atoms with van der Waals surface area (Å²) in [6, 6.07) is 12.7. The standard InChI is InChI=1S/C21H18FN3O3S/c1-25-19-18(16(10-17(27)23-19)13-3-2-4-15(26)9-13)20(28)24-21(25)29-11-12-5-7-14(22)8-6-12/h2-9,16,26H,10-11H2,1H3,(H,23,27)/t16-/m0/s1. The summed E-state index contributed by atoms with van der Waals surface area (Å²) in [5.74, 6) is -0.000476. The molecule has 2 heterocycles. The molecule has 1 atom stereocenters. The predicted molar refractivity (Wildman–Crippen MR) is 109 cm³/mol. The van der Waals surface area contributed by atoms with Crippen molar-refractivity contribution in [3.8, 4) is 5.75 Å².